The van der Waals surface area contributed by atoms with E-state index in [4.69, 9.17) is 4.74 Å². The van der Waals surface area contributed by atoms with Crippen molar-refractivity contribution in [1.29, 1.82) is 5.26 Å². The van der Waals surface area contributed by atoms with Crippen molar-refractivity contribution in [2.24, 2.45) is 0 Å². The maximum atomic E-state index is 13.5. The van der Waals surface area contributed by atoms with Gasteiger partial charge in [0.05, 0.1) is 24.4 Å². The molecule has 2 saturated heterocycles. The Balaban J connectivity index is 1.41. The Morgan fingerprint density at radius 2 is 1.89 bits per heavy atom. The van der Waals surface area contributed by atoms with Crippen molar-refractivity contribution in [2.75, 3.05) is 51.7 Å². The molecule has 0 atom stereocenters. The molecular formula is C28H37N5O2. The highest BCUT2D eigenvalue weighted by molar-refractivity contribution is 5.91. The number of ether oxygens (including phenoxy) is 1. The number of urea groups is 1. The number of carbonyl (C=O) groups excluding carboxylic acids is 1. The van der Waals surface area contributed by atoms with Crippen LogP contribution in [0.4, 0.5) is 10.5 Å². The SMILES string of the molecule is COc1ccc(C)cc1NC(=O)N(CCN1CCCC1)C1CCN(Cc2cccc(C#N)c2)CC1. The van der Waals surface area contributed by atoms with Crippen LogP contribution >= 0.6 is 0 Å². The number of hydrogen-bond donors (Lipinski definition) is 1. The highest BCUT2D eigenvalue weighted by atomic mass is 16.5. The monoisotopic (exact) mass is 475 g/mol. The summed E-state index contributed by atoms with van der Waals surface area (Å²) in [4.78, 5) is 20.5. The van der Waals surface area contributed by atoms with Crippen molar-refractivity contribution in [3.63, 3.8) is 0 Å². The van der Waals surface area contributed by atoms with Crippen molar-refractivity contribution in [1.82, 2.24) is 14.7 Å². The number of nitriles is 1. The van der Waals surface area contributed by atoms with Gasteiger partial charge in [0.1, 0.15) is 5.75 Å². The molecule has 7 heteroatoms. The number of likely N-dealkylation sites (tertiary alicyclic amines) is 2. The number of rotatable bonds is 8. The average Bonchev–Trinajstić information content (AvgIpc) is 3.39. The van der Waals surface area contributed by atoms with E-state index in [2.05, 4.69) is 27.3 Å². The predicted molar refractivity (Wildman–Crippen MR) is 139 cm³/mol. The number of nitrogens with zero attached hydrogens (tertiary/aromatic N) is 4. The van der Waals surface area contributed by atoms with Gasteiger partial charge in [0.25, 0.3) is 0 Å². The van der Waals surface area contributed by atoms with E-state index in [0.717, 1.165) is 75.5 Å². The molecule has 0 bridgehead atoms. The van der Waals surface area contributed by atoms with Crippen LogP contribution in [0, 0.1) is 18.3 Å². The quantitative estimate of drug-likeness (QED) is 0.610. The molecule has 7 nitrogen and oxygen atoms in total. The third-order valence-corrected chi connectivity index (χ3v) is 7.17. The number of aryl methyl sites for hydroxylation is 1. The van der Waals surface area contributed by atoms with E-state index in [9.17, 15) is 10.1 Å². The third-order valence-electron chi connectivity index (χ3n) is 7.17. The van der Waals surface area contributed by atoms with Crippen molar-refractivity contribution >= 4 is 11.7 Å². The Morgan fingerprint density at radius 1 is 1.11 bits per heavy atom. The summed E-state index contributed by atoms with van der Waals surface area (Å²) in [6.07, 6.45) is 4.38. The van der Waals surface area contributed by atoms with Gasteiger partial charge in [-0.25, -0.2) is 4.79 Å². The summed E-state index contributed by atoms with van der Waals surface area (Å²) >= 11 is 0. The molecule has 186 valence electrons. The Hall–Kier alpha value is -3.08. The zero-order valence-corrected chi connectivity index (χ0v) is 21.0. The minimum Gasteiger partial charge on any atom is -0.495 e. The van der Waals surface area contributed by atoms with E-state index in [1.165, 1.54) is 12.8 Å². The predicted octanol–water partition coefficient (Wildman–Crippen LogP) is 4.47. The van der Waals surface area contributed by atoms with Crippen LogP contribution in [-0.2, 0) is 6.54 Å². The van der Waals surface area contributed by atoms with Gasteiger partial charge < -0.3 is 19.9 Å². The number of carbonyl (C=O) groups is 1. The maximum absolute atomic E-state index is 13.5. The lowest BCUT2D eigenvalue weighted by Gasteiger charge is -2.39. The Labute approximate surface area is 209 Å². The lowest BCUT2D eigenvalue weighted by atomic mass is 10.0. The summed E-state index contributed by atoms with van der Waals surface area (Å²) in [5, 5.41) is 12.3. The second-order valence-corrected chi connectivity index (χ2v) is 9.70. The van der Waals surface area contributed by atoms with Gasteiger partial charge in [0, 0.05) is 38.8 Å². The summed E-state index contributed by atoms with van der Waals surface area (Å²) in [6.45, 7) is 8.62. The van der Waals surface area contributed by atoms with Crippen molar-refractivity contribution in [3.8, 4) is 11.8 Å². The topological polar surface area (TPSA) is 71.8 Å². The molecule has 35 heavy (non-hydrogen) atoms. The van der Waals surface area contributed by atoms with Crippen LogP contribution in [0.3, 0.4) is 0 Å². The van der Waals surface area contributed by atoms with Gasteiger partial charge >= 0.3 is 6.03 Å². The van der Waals surface area contributed by atoms with Gasteiger partial charge in [-0.2, -0.15) is 5.26 Å². The van der Waals surface area contributed by atoms with Gasteiger partial charge in [-0.05, 0) is 81.1 Å². The first-order valence-corrected chi connectivity index (χ1v) is 12.7. The molecule has 4 rings (SSSR count). The molecule has 0 saturated carbocycles. The molecule has 2 aliphatic heterocycles. The van der Waals surface area contributed by atoms with Crippen molar-refractivity contribution in [3.05, 3.63) is 59.2 Å². The van der Waals surface area contributed by atoms with Gasteiger partial charge in [-0.15, -0.1) is 0 Å². The first-order chi connectivity index (χ1) is 17.1. The van der Waals surface area contributed by atoms with Crippen molar-refractivity contribution in [2.45, 2.75) is 45.2 Å². The largest absolute Gasteiger partial charge is 0.495 e. The van der Waals surface area contributed by atoms with Gasteiger partial charge in [0.2, 0.25) is 0 Å². The Morgan fingerprint density at radius 3 is 2.60 bits per heavy atom. The summed E-state index contributed by atoms with van der Waals surface area (Å²) in [7, 11) is 1.63. The third kappa shape index (κ3) is 6.74. The first kappa shape index (κ1) is 25.0. The van der Waals surface area contributed by atoms with Crippen molar-refractivity contribution < 1.29 is 9.53 Å². The van der Waals surface area contributed by atoms with Crippen LogP contribution in [-0.4, -0.2) is 73.2 Å². The molecule has 0 aromatic heterocycles. The molecule has 2 amide bonds. The van der Waals surface area contributed by atoms with E-state index >= 15 is 0 Å². The summed E-state index contributed by atoms with van der Waals surface area (Å²) in [6, 6.07) is 16.1. The van der Waals surface area contributed by atoms with Crippen LogP contribution in [0.15, 0.2) is 42.5 Å². The highest BCUT2D eigenvalue weighted by Crippen LogP contribution is 2.27. The van der Waals surface area contributed by atoms with Crippen LogP contribution in [0.2, 0.25) is 0 Å². The zero-order chi connectivity index (χ0) is 24.6. The number of amides is 2. The molecule has 2 aromatic carbocycles. The number of anilines is 1. The van der Waals surface area contributed by atoms with Crippen LogP contribution < -0.4 is 10.1 Å². The van der Waals surface area contributed by atoms with E-state index in [1.54, 1.807) is 7.11 Å². The fourth-order valence-electron chi connectivity index (χ4n) is 5.20. The minimum atomic E-state index is -0.0479. The molecule has 0 spiro atoms. The summed E-state index contributed by atoms with van der Waals surface area (Å²) in [5.74, 6) is 0.679. The molecule has 2 fully saturated rings. The zero-order valence-electron chi connectivity index (χ0n) is 21.0. The van der Waals surface area contributed by atoms with Gasteiger partial charge in [-0.1, -0.05) is 18.2 Å². The summed E-state index contributed by atoms with van der Waals surface area (Å²) < 4.78 is 5.49. The second-order valence-electron chi connectivity index (χ2n) is 9.70. The Kier molecular flexibility index (Phi) is 8.62. The molecular weight excluding hydrogens is 438 g/mol. The van der Waals surface area contributed by atoms with Gasteiger partial charge in [0.15, 0.2) is 0 Å². The standard InChI is InChI=1S/C28H37N5O2/c1-22-8-9-27(35-2)26(18-22)30-28(34)33(17-16-31-12-3-4-13-31)25-10-14-32(15-11-25)21-24-7-5-6-23(19-24)20-29/h5-9,18-19,25H,3-4,10-17,21H2,1-2H3,(H,30,34). The number of piperidine rings is 1. The minimum absolute atomic E-state index is 0.0479. The van der Waals surface area contributed by atoms with E-state index in [-0.39, 0.29) is 12.1 Å². The number of benzene rings is 2. The molecule has 2 aliphatic rings. The van der Waals surface area contributed by atoms with Crippen LogP contribution in [0.1, 0.15) is 42.4 Å². The fraction of sp³-hybridized carbons (Fsp3) is 0.500. The molecule has 0 aliphatic carbocycles. The molecule has 1 N–H and O–H groups in total. The average molecular weight is 476 g/mol. The van der Waals surface area contributed by atoms with Crippen LogP contribution in [0.25, 0.3) is 0 Å². The van der Waals surface area contributed by atoms with Gasteiger partial charge in [-0.3, -0.25) is 4.90 Å². The second kappa shape index (κ2) is 12.1. The van der Waals surface area contributed by atoms with Crippen LogP contribution in [0.5, 0.6) is 5.75 Å². The van der Waals surface area contributed by atoms with E-state index in [0.29, 0.717) is 11.3 Å². The smallest absolute Gasteiger partial charge is 0.322 e. The number of hydrogen-bond acceptors (Lipinski definition) is 5. The molecule has 2 heterocycles. The molecule has 0 radical (unpaired) electrons. The Bertz CT molecular complexity index is 1040. The highest BCUT2D eigenvalue weighted by Gasteiger charge is 2.29. The fourth-order valence-corrected chi connectivity index (χ4v) is 5.20. The lowest BCUT2D eigenvalue weighted by molar-refractivity contribution is 0.117. The van der Waals surface area contributed by atoms with E-state index in [1.807, 2.05) is 48.2 Å². The lowest BCUT2D eigenvalue weighted by Crippen LogP contribution is -2.50. The molecule has 0 unspecified atom stereocenters. The molecule has 2 aromatic rings. The summed E-state index contributed by atoms with van der Waals surface area (Å²) in [5.41, 5.74) is 3.67. The first-order valence-electron chi connectivity index (χ1n) is 12.7. The number of methoxy groups -OCH3 is 1. The normalized spacial score (nSPS) is 17.2. The maximum Gasteiger partial charge on any atom is 0.322 e. The van der Waals surface area contributed by atoms with E-state index < -0.39 is 0 Å². The number of nitrogens with one attached hydrogen (secondary N) is 1.